The molecule has 0 heterocycles. The maximum absolute atomic E-state index is 9.05. The van der Waals surface area contributed by atoms with Gasteiger partial charge in [0.2, 0.25) is 0 Å². The van der Waals surface area contributed by atoms with Gasteiger partial charge >= 0.3 is 0 Å². The average Bonchev–Trinajstić information content (AvgIpc) is 2.11. The van der Waals surface area contributed by atoms with Crippen LogP contribution in [0.3, 0.4) is 0 Å². The largest absolute Gasteiger partial charge is 0.394 e. The maximum Gasteiger partial charge on any atom is 0.0627 e. The molecule has 0 saturated carbocycles. The van der Waals surface area contributed by atoms with E-state index in [0.717, 1.165) is 5.56 Å². The third-order valence-corrected chi connectivity index (χ3v) is 2.54. The van der Waals surface area contributed by atoms with Crippen LogP contribution in [0.15, 0.2) is 18.2 Å². The Morgan fingerprint density at radius 1 is 1.38 bits per heavy atom. The highest BCUT2D eigenvalue weighted by atomic mass is 35.5. The molecular formula is C9H11Cl2NO. The van der Waals surface area contributed by atoms with E-state index >= 15 is 0 Å². The molecule has 1 aromatic carbocycles. The first-order valence-electron chi connectivity index (χ1n) is 3.92. The summed E-state index contributed by atoms with van der Waals surface area (Å²) in [5, 5.41) is 13.1. The number of hydrogen-bond donors (Lipinski definition) is 2. The van der Waals surface area contributed by atoms with Crippen LogP contribution in [0.5, 0.6) is 0 Å². The molecule has 2 N–H and O–H groups in total. The number of halogens is 2. The second kappa shape index (κ2) is 4.82. The summed E-state index contributed by atoms with van der Waals surface area (Å²) in [5.74, 6) is 0. The van der Waals surface area contributed by atoms with Crippen LogP contribution in [0.4, 0.5) is 0 Å². The van der Waals surface area contributed by atoms with E-state index in [0.29, 0.717) is 10.0 Å². The number of hydrogen-bond acceptors (Lipinski definition) is 2. The second-order valence-electron chi connectivity index (χ2n) is 2.66. The smallest absolute Gasteiger partial charge is 0.0627 e. The van der Waals surface area contributed by atoms with Gasteiger partial charge in [0.05, 0.1) is 12.6 Å². The predicted octanol–water partition coefficient (Wildman–Crippen LogP) is 2.25. The summed E-state index contributed by atoms with van der Waals surface area (Å²) in [6.07, 6.45) is 0. The number of likely N-dealkylation sites (N-methyl/N-ethyl adjacent to an activating group) is 1. The Hall–Kier alpha value is -0.280. The van der Waals surface area contributed by atoms with Gasteiger partial charge < -0.3 is 10.4 Å². The normalized spacial score (nSPS) is 12.9. The molecule has 0 aliphatic heterocycles. The molecule has 1 aromatic rings. The van der Waals surface area contributed by atoms with Crippen LogP contribution >= 0.6 is 23.2 Å². The van der Waals surface area contributed by atoms with Gasteiger partial charge in [0.15, 0.2) is 0 Å². The highest BCUT2D eigenvalue weighted by molar-refractivity contribution is 6.36. The van der Waals surface area contributed by atoms with Crippen molar-refractivity contribution in [3.8, 4) is 0 Å². The van der Waals surface area contributed by atoms with Gasteiger partial charge in [0, 0.05) is 15.6 Å². The molecule has 1 unspecified atom stereocenters. The second-order valence-corrected chi connectivity index (χ2v) is 3.47. The number of aliphatic hydroxyl groups is 1. The van der Waals surface area contributed by atoms with Crippen LogP contribution in [0.25, 0.3) is 0 Å². The maximum atomic E-state index is 9.05. The van der Waals surface area contributed by atoms with Gasteiger partial charge in [-0.05, 0) is 19.2 Å². The Morgan fingerprint density at radius 3 is 2.31 bits per heavy atom. The summed E-state index contributed by atoms with van der Waals surface area (Å²) in [6, 6.07) is 5.07. The van der Waals surface area contributed by atoms with Crippen LogP contribution in [0, 0.1) is 0 Å². The number of rotatable bonds is 3. The van der Waals surface area contributed by atoms with Crippen molar-refractivity contribution in [1.82, 2.24) is 5.32 Å². The zero-order valence-electron chi connectivity index (χ0n) is 7.22. The van der Waals surface area contributed by atoms with E-state index < -0.39 is 0 Å². The van der Waals surface area contributed by atoms with Crippen molar-refractivity contribution in [3.63, 3.8) is 0 Å². The lowest BCUT2D eigenvalue weighted by Crippen LogP contribution is -2.20. The lowest BCUT2D eigenvalue weighted by Gasteiger charge is -2.16. The van der Waals surface area contributed by atoms with Gasteiger partial charge in [-0.15, -0.1) is 0 Å². The Kier molecular flexibility index (Phi) is 4.00. The van der Waals surface area contributed by atoms with Crippen molar-refractivity contribution in [3.05, 3.63) is 33.8 Å². The number of benzene rings is 1. The summed E-state index contributed by atoms with van der Waals surface area (Å²) in [6.45, 7) is -0.0278. The molecule has 2 nitrogen and oxygen atoms in total. The summed E-state index contributed by atoms with van der Waals surface area (Å²) < 4.78 is 0. The minimum atomic E-state index is -0.207. The molecule has 0 aromatic heterocycles. The molecule has 1 rings (SSSR count). The summed E-state index contributed by atoms with van der Waals surface area (Å²) in [5.41, 5.74) is 0.746. The molecule has 72 valence electrons. The monoisotopic (exact) mass is 219 g/mol. The highest BCUT2D eigenvalue weighted by Crippen LogP contribution is 2.29. The fourth-order valence-electron chi connectivity index (χ4n) is 1.17. The molecule has 0 radical (unpaired) electrons. The topological polar surface area (TPSA) is 32.3 Å². The predicted molar refractivity (Wildman–Crippen MR) is 55.3 cm³/mol. The number of aliphatic hydroxyl groups excluding tert-OH is 1. The molecule has 0 bridgehead atoms. The summed E-state index contributed by atoms with van der Waals surface area (Å²) >= 11 is 11.9. The van der Waals surface area contributed by atoms with Gasteiger partial charge in [-0.2, -0.15) is 0 Å². The van der Waals surface area contributed by atoms with E-state index in [1.807, 2.05) is 0 Å². The lowest BCUT2D eigenvalue weighted by atomic mass is 10.1. The Morgan fingerprint density at radius 2 is 1.92 bits per heavy atom. The van der Waals surface area contributed by atoms with E-state index in [1.165, 1.54) is 0 Å². The van der Waals surface area contributed by atoms with Gasteiger partial charge in [0.1, 0.15) is 0 Å². The van der Waals surface area contributed by atoms with E-state index in [-0.39, 0.29) is 12.6 Å². The van der Waals surface area contributed by atoms with E-state index in [4.69, 9.17) is 28.3 Å². The van der Waals surface area contributed by atoms with Crippen molar-refractivity contribution in [2.24, 2.45) is 0 Å². The van der Waals surface area contributed by atoms with E-state index in [1.54, 1.807) is 25.2 Å². The molecule has 0 saturated heterocycles. The Labute approximate surface area is 87.5 Å². The molecule has 1 atom stereocenters. The van der Waals surface area contributed by atoms with Crippen LogP contribution in [0.2, 0.25) is 10.0 Å². The standard InChI is InChI=1S/C9H11Cl2NO/c1-12-8(5-13)9-6(10)3-2-4-7(9)11/h2-4,8,12-13H,5H2,1H3. The SMILES string of the molecule is CNC(CO)c1c(Cl)cccc1Cl. The van der Waals surface area contributed by atoms with Crippen molar-refractivity contribution in [2.75, 3.05) is 13.7 Å². The van der Waals surface area contributed by atoms with Gasteiger partial charge in [-0.25, -0.2) is 0 Å². The quantitative estimate of drug-likeness (QED) is 0.818. The molecule has 13 heavy (non-hydrogen) atoms. The average molecular weight is 220 g/mol. The van der Waals surface area contributed by atoms with Crippen molar-refractivity contribution >= 4 is 23.2 Å². The third kappa shape index (κ3) is 2.35. The Bertz CT molecular complexity index is 267. The van der Waals surface area contributed by atoms with E-state index in [2.05, 4.69) is 5.32 Å². The summed E-state index contributed by atoms with van der Waals surface area (Å²) in [7, 11) is 1.75. The van der Waals surface area contributed by atoms with E-state index in [9.17, 15) is 0 Å². The molecule has 0 fully saturated rings. The first-order valence-corrected chi connectivity index (χ1v) is 4.68. The molecule has 0 aliphatic carbocycles. The third-order valence-electron chi connectivity index (χ3n) is 1.88. The molecule has 4 heteroatoms. The molecule has 0 spiro atoms. The molecular weight excluding hydrogens is 209 g/mol. The molecule has 0 amide bonds. The molecule has 0 aliphatic rings. The first-order chi connectivity index (χ1) is 6.20. The van der Waals surface area contributed by atoms with Crippen molar-refractivity contribution in [1.29, 1.82) is 0 Å². The van der Waals surface area contributed by atoms with Crippen LogP contribution in [0.1, 0.15) is 11.6 Å². The minimum Gasteiger partial charge on any atom is -0.394 e. The first kappa shape index (κ1) is 10.8. The fraction of sp³-hybridized carbons (Fsp3) is 0.333. The fourth-order valence-corrected chi connectivity index (χ4v) is 1.83. The van der Waals surface area contributed by atoms with Crippen LogP contribution in [-0.4, -0.2) is 18.8 Å². The van der Waals surface area contributed by atoms with Crippen LogP contribution < -0.4 is 5.32 Å². The number of nitrogens with one attached hydrogen (secondary N) is 1. The summed E-state index contributed by atoms with van der Waals surface area (Å²) in [4.78, 5) is 0. The zero-order valence-corrected chi connectivity index (χ0v) is 8.73. The van der Waals surface area contributed by atoms with Crippen molar-refractivity contribution < 1.29 is 5.11 Å². The highest BCUT2D eigenvalue weighted by Gasteiger charge is 2.14. The van der Waals surface area contributed by atoms with Gasteiger partial charge in [-0.1, -0.05) is 29.3 Å². The van der Waals surface area contributed by atoms with Crippen molar-refractivity contribution in [2.45, 2.75) is 6.04 Å². The minimum absolute atomic E-state index is 0.0278. The lowest BCUT2D eigenvalue weighted by molar-refractivity contribution is 0.251. The van der Waals surface area contributed by atoms with Gasteiger partial charge in [0.25, 0.3) is 0 Å². The Balaban J connectivity index is 3.10. The zero-order chi connectivity index (χ0) is 9.84. The van der Waals surface area contributed by atoms with Crippen LogP contribution in [-0.2, 0) is 0 Å². The van der Waals surface area contributed by atoms with Gasteiger partial charge in [-0.3, -0.25) is 0 Å².